The first-order valence-electron chi connectivity index (χ1n) is 9.66. The van der Waals surface area contributed by atoms with Crippen molar-refractivity contribution in [2.24, 2.45) is 5.10 Å². The van der Waals surface area contributed by atoms with Gasteiger partial charge in [0.05, 0.1) is 17.5 Å². The summed E-state index contributed by atoms with van der Waals surface area (Å²) in [5.41, 5.74) is 1.23. The molecule has 3 heterocycles. The number of hydrogen-bond acceptors (Lipinski definition) is 7. The SMILES string of the molecule is C[C@@H](OC(=O)C1=NN([C@H]2CCS(=O)(=O)C2)C(=O)CC1)C(=O)c1c[nH]c2ccccc12. The molecule has 2 aliphatic heterocycles. The van der Waals surface area contributed by atoms with E-state index in [1.165, 1.54) is 6.92 Å². The van der Waals surface area contributed by atoms with Crippen LogP contribution in [0.1, 0.15) is 36.5 Å². The first-order valence-corrected chi connectivity index (χ1v) is 11.5. The van der Waals surface area contributed by atoms with Gasteiger partial charge >= 0.3 is 5.97 Å². The molecule has 0 aliphatic carbocycles. The fourth-order valence-corrected chi connectivity index (χ4v) is 5.44. The summed E-state index contributed by atoms with van der Waals surface area (Å²) < 4.78 is 28.7. The highest BCUT2D eigenvalue weighted by Crippen LogP contribution is 2.23. The first-order chi connectivity index (χ1) is 14.2. The number of amides is 1. The van der Waals surface area contributed by atoms with Crippen LogP contribution in [0, 0.1) is 0 Å². The number of ketones is 1. The summed E-state index contributed by atoms with van der Waals surface area (Å²) in [5.74, 6) is -1.63. The van der Waals surface area contributed by atoms with Crippen molar-refractivity contribution >= 4 is 44.1 Å². The summed E-state index contributed by atoms with van der Waals surface area (Å²) in [5, 5.41) is 5.91. The molecule has 2 aromatic rings. The first kappa shape index (κ1) is 20.3. The van der Waals surface area contributed by atoms with Crippen molar-refractivity contribution in [3.8, 4) is 0 Å². The third-order valence-corrected chi connectivity index (χ3v) is 7.11. The number of ether oxygens (including phenoxy) is 1. The number of nitrogens with zero attached hydrogens (tertiary/aromatic N) is 2. The van der Waals surface area contributed by atoms with Gasteiger partial charge in [0, 0.05) is 35.5 Å². The lowest BCUT2D eigenvalue weighted by atomic mass is 10.1. The highest BCUT2D eigenvalue weighted by atomic mass is 32.2. The molecule has 1 aromatic carbocycles. The largest absolute Gasteiger partial charge is 0.450 e. The van der Waals surface area contributed by atoms with Crippen LogP contribution in [-0.4, -0.2) is 65.4 Å². The molecule has 0 spiro atoms. The Morgan fingerprint density at radius 1 is 1.27 bits per heavy atom. The zero-order valence-corrected chi connectivity index (χ0v) is 17.1. The van der Waals surface area contributed by atoms with Gasteiger partial charge in [0.15, 0.2) is 15.9 Å². The van der Waals surface area contributed by atoms with E-state index in [4.69, 9.17) is 4.74 Å². The van der Waals surface area contributed by atoms with E-state index in [1.54, 1.807) is 12.3 Å². The van der Waals surface area contributed by atoms with Crippen LogP contribution in [0.4, 0.5) is 0 Å². The molecular weight excluding hydrogens is 410 g/mol. The van der Waals surface area contributed by atoms with E-state index < -0.39 is 28.0 Å². The fourth-order valence-electron chi connectivity index (χ4n) is 3.75. The number of aromatic amines is 1. The molecule has 1 saturated heterocycles. The quantitative estimate of drug-likeness (QED) is 0.564. The second-order valence-corrected chi connectivity index (χ2v) is 9.73. The molecule has 1 N–H and O–H groups in total. The minimum atomic E-state index is -3.21. The summed E-state index contributed by atoms with van der Waals surface area (Å²) in [6.45, 7) is 1.48. The Morgan fingerprint density at radius 3 is 2.77 bits per heavy atom. The zero-order valence-electron chi connectivity index (χ0n) is 16.3. The van der Waals surface area contributed by atoms with Crippen molar-refractivity contribution in [2.45, 2.75) is 38.3 Å². The molecule has 30 heavy (non-hydrogen) atoms. The van der Waals surface area contributed by atoms with Crippen molar-refractivity contribution in [2.75, 3.05) is 11.5 Å². The standard InChI is InChI=1S/C20H21N3O6S/c1-12(19(25)15-10-21-16-5-3-2-4-14(15)16)29-20(26)17-6-7-18(24)23(22-17)13-8-9-30(27,28)11-13/h2-5,10,12-13,21H,6-9,11H2,1H3/t12-,13+/m1/s1. The van der Waals surface area contributed by atoms with E-state index in [0.717, 1.165) is 15.9 Å². The molecular formula is C20H21N3O6S. The van der Waals surface area contributed by atoms with Crippen molar-refractivity contribution in [3.63, 3.8) is 0 Å². The third-order valence-electron chi connectivity index (χ3n) is 5.36. The Morgan fingerprint density at radius 2 is 2.03 bits per heavy atom. The summed E-state index contributed by atoms with van der Waals surface area (Å²) in [6.07, 6.45) is 0.945. The van der Waals surface area contributed by atoms with Gasteiger partial charge < -0.3 is 9.72 Å². The van der Waals surface area contributed by atoms with Crippen molar-refractivity contribution in [1.82, 2.24) is 9.99 Å². The van der Waals surface area contributed by atoms with Gasteiger partial charge in [0.2, 0.25) is 11.7 Å². The molecule has 9 nitrogen and oxygen atoms in total. The Balaban J connectivity index is 1.48. The minimum absolute atomic E-state index is 0.00704. The molecule has 0 unspecified atom stereocenters. The molecule has 158 valence electrons. The predicted octanol–water partition coefficient (Wildman–Crippen LogP) is 1.45. The van der Waals surface area contributed by atoms with E-state index in [9.17, 15) is 22.8 Å². The Hall–Kier alpha value is -3.01. The Labute approximate surface area is 173 Å². The van der Waals surface area contributed by atoms with Crippen molar-refractivity contribution in [3.05, 3.63) is 36.0 Å². The van der Waals surface area contributed by atoms with Crippen LogP contribution < -0.4 is 0 Å². The second kappa shape index (κ2) is 7.67. The molecule has 10 heteroatoms. The zero-order chi connectivity index (χ0) is 21.5. The number of sulfone groups is 1. The smallest absolute Gasteiger partial charge is 0.355 e. The highest BCUT2D eigenvalue weighted by Gasteiger charge is 2.38. The number of benzene rings is 1. The van der Waals surface area contributed by atoms with Gasteiger partial charge in [-0.25, -0.2) is 18.2 Å². The van der Waals surface area contributed by atoms with Crippen LogP contribution >= 0.6 is 0 Å². The van der Waals surface area contributed by atoms with Gasteiger partial charge in [-0.1, -0.05) is 18.2 Å². The topological polar surface area (TPSA) is 126 Å². The Kier molecular flexibility index (Phi) is 5.19. The highest BCUT2D eigenvalue weighted by molar-refractivity contribution is 7.91. The molecule has 2 aliphatic rings. The number of carbonyl (C=O) groups excluding carboxylic acids is 3. The van der Waals surface area contributed by atoms with Gasteiger partial charge in [0.1, 0.15) is 5.71 Å². The number of esters is 1. The number of Topliss-reactive ketones (excluding diaryl/α,β-unsaturated/α-hetero) is 1. The minimum Gasteiger partial charge on any atom is -0.450 e. The number of hydrogen-bond donors (Lipinski definition) is 1. The van der Waals surface area contributed by atoms with Gasteiger partial charge in [-0.2, -0.15) is 5.10 Å². The number of H-pyrrole nitrogens is 1. The summed E-state index contributed by atoms with van der Waals surface area (Å²) >= 11 is 0. The van der Waals surface area contributed by atoms with Crippen molar-refractivity contribution < 1.29 is 27.5 Å². The number of rotatable bonds is 5. The molecule has 1 aromatic heterocycles. The van der Waals surface area contributed by atoms with Crippen LogP contribution in [0.5, 0.6) is 0 Å². The maximum absolute atomic E-state index is 12.8. The monoisotopic (exact) mass is 431 g/mol. The Bertz CT molecular complexity index is 1170. The van der Waals surface area contributed by atoms with E-state index in [2.05, 4.69) is 10.1 Å². The molecule has 0 bridgehead atoms. The number of aromatic nitrogens is 1. The molecule has 1 amide bonds. The lowest BCUT2D eigenvalue weighted by Crippen LogP contribution is -2.42. The fraction of sp³-hybridized carbons (Fsp3) is 0.400. The normalized spacial score (nSPS) is 22.0. The van der Waals surface area contributed by atoms with E-state index in [1.807, 2.05) is 18.2 Å². The van der Waals surface area contributed by atoms with Gasteiger partial charge in [-0.05, 0) is 19.4 Å². The van der Waals surface area contributed by atoms with Crippen LogP contribution in [-0.2, 0) is 24.2 Å². The van der Waals surface area contributed by atoms with E-state index >= 15 is 0 Å². The average Bonchev–Trinajstić information content (AvgIpc) is 3.30. The maximum atomic E-state index is 12.8. The third kappa shape index (κ3) is 3.87. The summed E-state index contributed by atoms with van der Waals surface area (Å²) in [6, 6.07) is 6.73. The van der Waals surface area contributed by atoms with Crippen LogP contribution in [0.15, 0.2) is 35.6 Å². The van der Waals surface area contributed by atoms with Gasteiger partial charge in [0.25, 0.3) is 0 Å². The van der Waals surface area contributed by atoms with Gasteiger partial charge in [-0.15, -0.1) is 0 Å². The number of nitrogens with one attached hydrogen (secondary N) is 1. The lowest BCUT2D eigenvalue weighted by molar-refractivity contribution is -0.139. The molecule has 0 saturated carbocycles. The maximum Gasteiger partial charge on any atom is 0.355 e. The number of fused-ring (bicyclic) bond motifs is 1. The molecule has 2 atom stereocenters. The molecule has 1 fully saturated rings. The van der Waals surface area contributed by atoms with Crippen molar-refractivity contribution in [1.29, 1.82) is 0 Å². The number of para-hydroxylation sites is 1. The second-order valence-electron chi connectivity index (χ2n) is 7.50. The summed E-state index contributed by atoms with van der Waals surface area (Å²) in [7, 11) is -3.21. The van der Waals surface area contributed by atoms with Crippen LogP contribution in [0.25, 0.3) is 10.9 Å². The summed E-state index contributed by atoms with van der Waals surface area (Å²) in [4.78, 5) is 40.5. The van der Waals surface area contributed by atoms with E-state index in [-0.39, 0.29) is 48.2 Å². The average molecular weight is 431 g/mol. The van der Waals surface area contributed by atoms with Crippen LogP contribution in [0.3, 0.4) is 0 Å². The van der Waals surface area contributed by atoms with Gasteiger partial charge in [-0.3, -0.25) is 9.59 Å². The number of hydrazone groups is 1. The molecule has 0 radical (unpaired) electrons. The van der Waals surface area contributed by atoms with Crippen LogP contribution in [0.2, 0.25) is 0 Å². The number of carbonyl (C=O) groups is 3. The van der Waals surface area contributed by atoms with E-state index in [0.29, 0.717) is 5.56 Å². The molecule has 4 rings (SSSR count). The predicted molar refractivity (Wildman–Crippen MR) is 109 cm³/mol. The lowest BCUT2D eigenvalue weighted by Gasteiger charge is -2.27.